The minimum atomic E-state index is -0.813. The van der Waals surface area contributed by atoms with Gasteiger partial charge >= 0.3 is 0 Å². The molecule has 0 saturated heterocycles. The van der Waals surface area contributed by atoms with Crippen LogP contribution in [0.25, 0.3) is 0 Å². The van der Waals surface area contributed by atoms with E-state index >= 15 is 0 Å². The first-order chi connectivity index (χ1) is 11.5. The third-order valence-corrected chi connectivity index (χ3v) is 4.44. The third kappa shape index (κ3) is 3.11. The summed E-state index contributed by atoms with van der Waals surface area (Å²) in [4.78, 5) is 0. The van der Waals surface area contributed by atoms with Crippen molar-refractivity contribution in [1.82, 2.24) is 0 Å². The van der Waals surface area contributed by atoms with E-state index in [1.165, 1.54) is 5.56 Å². The lowest BCUT2D eigenvalue weighted by Gasteiger charge is -2.14. The van der Waals surface area contributed by atoms with Crippen LogP contribution in [0.2, 0.25) is 0 Å². The zero-order chi connectivity index (χ0) is 17.3. The van der Waals surface area contributed by atoms with Gasteiger partial charge in [-0.1, -0.05) is 11.8 Å². The van der Waals surface area contributed by atoms with Crippen molar-refractivity contribution < 1.29 is 14.6 Å². The van der Waals surface area contributed by atoms with Crippen molar-refractivity contribution in [3.63, 3.8) is 0 Å². The number of aliphatic hydroxyl groups is 1. The molecule has 1 aliphatic rings. The summed E-state index contributed by atoms with van der Waals surface area (Å²) in [7, 11) is 1.63. The van der Waals surface area contributed by atoms with Gasteiger partial charge in [-0.2, -0.15) is 0 Å². The fourth-order valence-corrected chi connectivity index (χ4v) is 3.12. The van der Waals surface area contributed by atoms with E-state index in [9.17, 15) is 5.11 Å². The highest BCUT2D eigenvalue weighted by molar-refractivity contribution is 5.54. The van der Waals surface area contributed by atoms with Gasteiger partial charge in [-0.25, -0.2) is 0 Å². The molecule has 3 rings (SSSR count). The Morgan fingerprint density at radius 2 is 1.96 bits per heavy atom. The molecule has 1 aliphatic heterocycles. The van der Waals surface area contributed by atoms with Gasteiger partial charge in [0.05, 0.1) is 7.11 Å². The first-order valence-corrected chi connectivity index (χ1v) is 8.13. The topological polar surface area (TPSA) is 38.7 Å². The van der Waals surface area contributed by atoms with Crippen molar-refractivity contribution in [3.05, 3.63) is 58.1 Å². The Labute approximate surface area is 143 Å². The van der Waals surface area contributed by atoms with E-state index in [0.29, 0.717) is 0 Å². The Morgan fingerprint density at radius 1 is 1.25 bits per heavy atom. The van der Waals surface area contributed by atoms with E-state index in [1.54, 1.807) is 7.11 Å². The molecule has 0 saturated carbocycles. The van der Waals surface area contributed by atoms with E-state index < -0.39 is 6.10 Å². The average molecular weight is 322 g/mol. The van der Waals surface area contributed by atoms with Crippen molar-refractivity contribution in [2.45, 2.75) is 39.4 Å². The highest BCUT2D eigenvalue weighted by Gasteiger charge is 2.25. The quantitative estimate of drug-likeness (QED) is 0.857. The molecule has 124 valence electrons. The van der Waals surface area contributed by atoms with Gasteiger partial charge in [0.1, 0.15) is 23.7 Å². The zero-order valence-electron chi connectivity index (χ0n) is 14.5. The van der Waals surface area contributed by atoms with Crippen LogP contribution >= 0.6 is 0 Å². The summed E-state index contributed by atoms with van der Waals surface area (Å²) < 4.78 is 11.0. The molecule has 0 bridgehead atoms. The molecular formula is C21H22O3. The van der Waals surface area contributed by atoms with Crippen LogP contribution in [0.5, 0.6) is 11.5 Å². The Kier molecular flexibility index (Phi) is 4.51. The maximum absolute atomic E-state index is 10.5. The Morgan fingerprint density at radius 3 is 2.62 bits per heavy atom. The molecule has 3 heteroatoms. The molecule has 0 spiro atoms. The lowest BCUT2D eigenvalue weighted by atomic mass is 9.93. The smallest absolute Gasteiger partial charge is 0.140 e. The molecule has 2 atom stereocenters. The van der Waals surface area contributed by atoms with Crippen molar-refractivity contribution in [3.8, 4) is 23.3 Å². The molecule has 1 N–H and O–H groups in total. The van der Waals surface area contributed by atoms with E-state index in [0.717, 1.165) is 40.2 Å². The normalized spacial score (nSPS) is 16.6. The van der Waals surface area contributed by atoms with Gasteiger partial charge in [0, 0.05) is 17.5 Å². The zero-order valence-corrected chi connectivity index (χ0v) is 14.5. The van der Waals surface area contributed by atoms with E-state index in [-0.39, 0.29) is 6.10 Å². The lowest BCUT2D eigenvalue weighted by Crippen LogP contribution is -2.05. The number of benzene rings is 2. The van der Waals surface area contributed by atoms with Crippen LogP contribution < -0.4 is 9.47 Å². The molecule has 2 aromatic carbocycles. The summed E-state index contributed by atoms with van der Waals surface area (Å²) in [5.41, 5.74) is 5.05. The highest BCUT2D eigenvalue weighted by atomic mass is 16.5. The number of ether oxygens (including phenoxy) is 2. The summed E-state index contributed by atoms with van der Waals surface area (Å²) in [5.74, 6) is 7.74. The number of rotatable bonds is 2. The number of hydrogen-bond donors (Lipinski definition) is 1. The average Bonchev–Trinajstić information content (AvgIpc) is 2.99. The van der Waals surface area contributed by atoms with Crippen molar-refractivity contribution in [2.24, 2.45) is 0 Å². The van der Waals surface area contributed by atoms with Gasteiger partial charge in [0.2, 0.25) is 0 Å². The second-order valence-corrected chi connectivity index (χ2v) is 6.25. The number of aryl methyl sites for hydroxylation is 1. The predicted octanol–water partition coefficient (Wildman–Crippen LogP) is 3.72. The Balaban J connectivity index is 1.88. The van der Waals surface area contributed by atoms with Crippen molar-refractivity contribution >= 4 is 0 Å². The summed E-state index contributed by atoms with van der Waals surface area (Å²) in [5, 5.41) is 10.5. The first-order valence-electron chi connectivity index (χ1n) is 8.13. The molecule has 0 aliphatic carbocycles. The minimum absolute atomic E-state index is 0.190. The van der Waals surface area contributed by atoms with E-state index in [4.69, 9.17) is 9.47 Å². The third-order valence-electron chi connectivity index (χ3n) is 4.44. The van der Waals surface area contributed by atoms with Crippen LogP contribution in [-0.2, 0) is 6.42 Å². The summed E-state index contributed by atoms with van der Waals surface area (Å²) in [6, 6.07) is 9.48. The summed E-state index contributed by atoms with van der Waals surface area (Å²) in [6.07, 6.45) is 0.260. The van der Waals surface area contributed by atoms with Gasteiger partial charge in [-0.05, 0) is 67.8 Å². The van der Waals surface area contributed by atoms with Crippen LogP contribution in [-0.4, -0.2) is 18.3 Å². The van der Waals surface area contributed by atoms with Crippen LogP contribution in [0.4, 0.5) is 0 Å². The molecule has 0 fully saturated rings. The molecule has 0 aromatic heterocycles. The fourth-order valence-electron chi connectivity index (χ4n) is 3.12. The molecule has 1 heterocycles. The number of hydrogen-bond acceptors (Lipinski definition) is 3. The van der Waals surface area contributed by atoms with Crippen LogP contribution in [0.15, 0.2) is 30.3 Å². The second-order valence-electron chi connectivity index (χ2n) is 6.25. The molecule has 0 radical (unpaired) electrons. The van der Waals surface area contributed by atoms with Gasteiger partial charge in [-0.15, -0.1) is 0 Å². The monoisotopic (exact) mass is 322 g/mol. The summed E-state index contributed by atoms with van der Waals surface area (Å²) >= 11 is 0. The SMILES string of the molecule is COc1ccc(C#CC(O)c2cc(C)c3c(c2C)CC(C)O3)cc1. The van der Waals surface area contributed by atoms with Gasteiger partial charge in [0.25, 0.3) is 0 Å². The van der Waals surface area contributed by atoms with Crippen molar-refractivity contribution in [2.75, 3.05) is 7.11 Å². The number of aliphatic hydroxyl groups excluding tert-OH is 1. The van der Waals surface area contributed by atoms with Gasteiger partial charge < -0.3 is 14.6 Å². The molecule has 0 amide bonds. The predicted molar refractivity (Wildman–Crippen MR) is 94.5 cm³/mol. The summed E-state index contributed by atoms with van der Waals surface area (Å²) in [6.45, 7) is 6.12. The number of methoxy groups -OCH3 is 1. The van der Waals surface area contributed by atoms with Crippen LogP contribution in [0.1, 0.15) is 40.8 Å². The highest BCUT2D eigenvalue weighted by Crippen LogP contribution is 2.38. The maximum atomic E-state index is 10.5. The second kappa shape index (κ2) is 6.59. The largest absolute Gasteiger partial charge is 0.497 e. The van der Waals surface area contributed by atoms with E-state index in [1.807, 2.05) is 44.2 Å². The number of fused-ring (bicyclic) bond motifs is 1. The molecule has 2 aromatic rings. The Bertz CT molecular complexity index is 810. The van der Waals surface area contributed by atoms with Crippen molar-refractivity contribution in [1.29, 1.82) is 0 Å². The van der Waals surface area contributed by atoms with Crippen LogP contribution in [0.3, 0.4) is 0 Å². The van der Waals surface area contributed by atoms with Crippen LogP contribution in [0, 0.1) is 25.7 Å². The van der Waals surface area contributed by atoms with Gasteiger partial charge in [0.15, 0.2) is 0 Å². The molecule has 2 unspecified atom stereocenters. The molecule has 24 heavy (non-hydrogen) atoms. The Hall–Kier alpha value is -2.44. The first kappa shape index (κ1) is 16.4. The molecule has 3 nitrogen and oxygen atoms in total. The fraction of sp³-hybridized carbons (Fsp3) is 0.333. The lowest BCUT2D eigenvalue weighted by molar-refractivity contribution is 0.237. The molecular weight excluding hydrogens is 300 g/mol. The standard InChI is InChI=1S/C21H22O3/c1-13-11-18(15(3)19-12-14(2)24-21(13)19)20(22)10-7-16-5-8-17(23-4)9-6-16/h5-6,8-9,11,14,20,22H,12H2,1-4H3. The minimum Gasteiger partial charge on any atom is -0.497 e. The van der Waals surface area contributed by atoms with Gasteiger partial charge in [-0.3, -0.25) is 0 Å². The maximum Gasteiger partial charge on any atom is 0.140 e. The van der Waals surface area contributed by atoms with E-state index in [2.05, 4.69) is 18.8 Å².